The number of hydrogen-bond donors (Lipinski definition) is 1. The molecule has 1 unspecified atom stereocenters. The van der Waals surface area contributed by atoms with Crippen molar-refractivity contribution < 1.29 is 14.5 Å². The number of amides is 2. The fraction of sp³-hybridized carbons (Fsp3) is 0.263. The lowest BCUT2D eigenvalue weighted by atomic mass is 10.1. The molecule has 0 aliphatic carbocycles. The fourth-order valence-electron chi connectivity index (χ4n) is 3.14. The maximum atomic E-state index is 12.6. The van der Waals surface area contributed by atoms with Gasteiger partial charge in [0.05, 0.1) is 16.5 Å². The lowest BCUT2D eigenvalue weighted by Crippen LogP contribution is -2.28. The number of aryl methyl sites for hydroxylation is 2. The summed E-state index contributed by atoms with van der Waals surface area (Å²) in [4.78, 5) is 36.8. The summed E-state index contributed by atoms with van der Waals surface area (Å²) in [5, 5.41) is 13.8. The maximum absolute atomic E-state index is 12.6. The summed E-state index contributed by atoms with van der Waals surface area (Å²) in [6.45, 7) is 4.03. The second-order valence-electron chi connectivity index (χ2n) is 6.44. The zero-order valence-corrected chi connectivity index (χ0v) is 14.6. The standard InChI is InChI=1S/C19H19N3O4/c1-12-5-3-6-13(2)18(12)20-19(24)14-9-17(23)21(11-14)15-7-4-8-16(10-15)22(25)26/h3-8,10,14H,9,11H2,1-2H3,(H,20,24). The highest BCUT2D eigenvalue weighted by molar-refractivity contribution is 6.04. The number of hydrogen-bond acceptors (Lipinski definition) is 4. The van der Waals surface area contributed by atoms with Crippen LogP contribution in [-0.2, 0) is 9.59 Å². The smallest absolute Gasteiger partial charge is 0.271 e. The van der Waals surface area contributed by atoms with Crippen LogP contribution in [0, 0.1) is 29.9 Å². The Morgan fingerprint density at radius 2 is 1.85 bits per heavy atom. The molecule has 1 aliphatic heterocycles. The Kier molecular flexibility index (Phi) is 4.71. The van der Waals surface area contributed by atoms with E-state index >= 15 is 0 Å². The number of nitrogens with zero attached hydrogens (tertiary/aromatic N) is 2. The molecule has 0 radical (unpaired) electrons. The van der Waals surface area contributed by atoms with Crippen molar-refractivity contribution in [1.82, 2.24) is 0 Å². The number of nitro groups is 1. The molecule has 1 heterocycles. The first kappa shape index (κ1) is 17.6. The number of nitrogens with one attached hydrogen (secondary N) is 1. The molecule has 1 atom stereocenters. The van der Waals surface area contributed by atoms with E-state index in [4.69, 9.17) is 0 Å². The van der Waals surface area contributed by atoms with Crippen LogP contribution in [0.3, 0.4) is 0 Å². The second-order valence-corrected chi connectivity index (χ2v) is 6.44. The summed E-state index contributed by atoms with van der Waals surface area (Å²) >= 11 is 0. The highest BCUT2D eigenvalue weighted by atomic mass is 16.6. The van der Waals surface area contributed by atoms with Crippen LogP contribution in [0.5, 0.6) is 0 Å². The third kappa shape index (κ3) is 3.42. The molecule has 1 aliphatic rings. The number of carbonyl (C=O) groups excluding carboxylic acids is 2. The van der Waals surface area contributed by atoms with Gasteiger partial charge in [0.2, 0.25) is 11.8 Å². The highest BCUT2D eigenvalue weighted by Crippen LogP contribution is 2.29. The minimum Gasteiger partial charge on any atom is -0.325 e. The van der Waals surface area contributed by atoms with Crippen molar-refractivity contribution in [3.05, 3.63) is 63.7 Å². The van der Waals surface area contributed by atoms with E-state index in [0.29, 0.717) is 5.69 Å². The van der Waals surface area contributed by atoms with Crippen molar-refractivity contribution in [3.8, 4) is 0 Å². The molecule has 26 heavy (non-hydrogen) atoms. The van der Waals surface area contributed by atoms with Crippen LogP contribution >= 0.6 is 0 Å². The minimum absolute atomic E-state index is 0.0828. The topological polar surface area (TPSA) is 92.6 Å². The van der Waals surface area contributed by atoms with Gasteiger partial charge in [-0.3, -0.25) is 19.7 Å². The number of benzene rings is 2. The number of non-ortho nitro benzene ring substituents is 1. The zero-order chi connectivity index (χ0) is 18.8. The lowest BCUT2D eigenvalue weighted by molar-refractivity contribution is -0.384. The third-order valence-corrected chi connectivity index (χ3v) is 4.58. The van der Waals surface area contributed by atoms with Gasteiger partial charge < -0.3 is 10.2 Å². The Labute approximate surface area is 150 Å². The van der Waals surface area contributed by atoms with E-state index in [2.05, 4.69) is 5.32 Å². The molecule has 1 saturated heterocycles. The summed E-state index contributed by atoms with van der Waals surface area (Å²) in [5.74, 6) is -0.934. The summed E-state index contributed by atoms with van der Waals surface area (Å²) in [7, 11) is 0. The molecule has 2 aromatic carbocycles. The van der Waals surface area contributed by atoms with Crippen molar-refractivity contribution >= 4 is 28.9 Å². The lowest BCUT2D eigenvalue weighted by Gasteiger charge is -2.17. The van der Waals surface area contributed by atoms with Gasteiger partial charge in [0.15, 0.2) is 0 Å². The van der Waals surface area contributed by atoms with E-state index < -0.39 is 10.8 Å². The van der Waals surface area contributed by atoms with E-state index in [1.54, 1.807) is 6.07 Å². The Balaban J connectivity index is 1.76. The maximum Gasteiger partial charge on any atom is 0.271 e. The first-order chi connectivity index (χ1) is 12.4. The molecule has 0 bridgehead atoms. The molecule has 1 N–H and O–H groups in total. The van der Waals surface area contributed by atoms with Crippen LogP contribution in [0.25, 0.3) is 0 Å². The van der Waals surface area contributed by atoms with E-state index in [1.807, 2.05) is 32.0 Å². The summed E-state index contributed by atoms with van der Waals surface area (Å²) in [6.07, 6.45) is 0.0828. The van der Waals surface area contributed by atoms with Gasteiger partial charge in [0.25, 0.3) is 5.69 Å². The van der Waals surface area contributed by atoms with Gasteiger partial charge in [-0.15, -0.1) is 0 Å². The van der Waals surface area contributed by atoms with E-state index in [0.717, 1.165) is 16.8 Å². The van der Waals surface area contributed by atoms with E-state index in [9.17, 15) is 19.7 Å². The van der Waals surface area contributed by atoms with Gasteiger partial charge in [0.1, 0.15) is 0 Å². The van der Waals surface area contributed by atoms with Crippen molar-refractivity contribution in [3.63, 3.8) is 0 Å². The molecule has 7 nitrogen and oxygen atoms in total. The van der Waals surface area contributed by atoms with Gasteiger partial charge in [-0.2, -0.15) is 0 Å². The van der Waals surface area contributed by atoms with Gasteiger partial charge in [-0.1, -0.05) is 24.3 Å². The molecule has 3 rings (SSSR count). The first-order valence-corrected chi connectivity index (χ1v) is 8.28. The largest absolute Gasteiger partial charge is 0.325 e. The molecule has 1 fully saturated rings. The van der Waals surface area contributed by atoms with Crippen LogP contribution in [0.1, 0.15) is 17.5 Å². The average molecular weight is 353 g/mol. The van der Waals surface area contributed by atoms with Crippen LogP contribution in [-0.4, -0.2) is 23.3 Å². The van der Waals surface area contributed by atoms with E-state index in [-0.39, 0.29) is 30.5 Å². The van der Waals surface area contributed by atoms with Crippen LogP contribution in [0.2, 0.25) is 0 Å². The van der Waals surface area contributed by atoms with Gasteiger partial charge >= 0.3 is 0 Å². The fourth-order valence-corrected chi connectivity index (χ4v) is 3.14. The predicted molar refractivity (Wildman–Crippen MR) is 98.1 cm³/mol. The second kappa shape index (κ2) is 6.95. The molecule has 2 aromatic rings. The number of anilines is 2. The number of para-hydroxylation sites is 1. The van der Waals surface area contributed by atoms with Crippen molar-refractivity contribution in [1.29, 1.82) is 0 Å². The molecule has 0 saturated carbocycles. The SMILES string of the molecule is Cc1cccc(C)c1NC(=O)C1CC(=O)N(c2cccc([N+](=O)[O-])c2)C1. The molecule has 2 amide bonds. The van der Waals surface area contributed by atoms with Crippen LogP contribution in [0.4, 0.5) is 17.1 Å². The predicted octanol–water partition coefficient (Wildman–Crippen LogP) is 3.20. The van der Waals surface area contributed by atoms with Gasteiger partial charge in [-0.25, -0.2) is 0 Å². The van der Waals surface area contributed by atoms with Crippen LogP contribution < -0.4 is 10.2 Å². The Morgan fingerprint density at radius 1 is 1.19 bits per heavy atom. The molecular weight excluding hydrogens is 334 g/mol. The summed E-state index contributed by atoms with van der Waals surface area (Å²) < 4.78 is 0. The number of rotatable bonds is 4. The van der Waals surface area contributed by atoms with Crippen molar-refractivity contribution in [2.45, 2.75) is 20.3 Å². The highest BCUT2D eigenvalue weighted by Gasteiger charge is 2.35. The number of nitro benzene ring substituents is 1. The molecule has 134 valence electrons. The van der Waals surface area contributed by atoms with Crippen molar-refractivity contribution in [2.24, 2.45) is 5.92 Å². The van der Waals surface area contributed by atoms with Crippen molar-refractivity contribution in [2.75, 3.05) is 16.8 Å². The van der Waals surface area contributed by atoms with Gasteiger partial charge in [0, 0.05) is 30.8 Å². The first-order valence-electron chi connectivity index (χ1n) is 8.28. The molecule has 0 spiro atoms. The normalized spacial score (nSPS) is 16.6. The zero-order valence-electron chi connectivity index (χ0n) is 14.6. The van der Waals surface area contributed by atoms with E-state index in [1.165, 1.54) is 23.1 Å². The Morgan fingerprint density at radius 3 is 2.50 bits per heavy atom. The summed E-state index contributed by atoms with van der Waals surface area (Å²) in [5.41, 5.74) is 3.03. The quantitative estimate of drug-likeness (QED) is 0.675. The molecule has 0 aromatic heterocycles. The Bertz CT molecular complexity index is 874. The summed E-state index contributed by atoms with van der Waals surface area (Å²) in [6, 6.07) is 11.6. The average Bonchev–Trinajstić information content (AvgIpc) is 3.00. The molecular formula is C19H19N3O4. The molecule has 7 heteroatoms. The third-order valence-electron chi connectivity index (χ3n) is 4.58. The minimum atomic E-state index is -0.505. The van der Waals surface area contributed by atoms with Crippen LogP contribution in [0.15, 0.2) is 42.5 Å². The number of carbonyl (C=O) groups is 2. The Hall–Kier alpha value is -3.22. The monoisotopic (exact) mass is 353 g/mol. The van der Waals surface area contributed by atoms with Gasteiger partial charge in [-0.05, 0) is 31.0 Å².